The van der Waals surface area contributed by atoms with Crippen molar-refractivity contribution in [2.24, 2.45) is 0 Å². The van der Waals surface area contributed by atoms with E-state index in [9.17, 15) is 9.18 Å². The molecule has 0 unspecified atom stereocenters. The lowest BCUT2D eigenvalue weighted by molar-refractivity contribution is -0.128. The summed E-state index contributed by atoms with van der Waals surface area (Å²) in [6, 6.07) is 14.4. The molecule has 132 valence electrons. The number of halogens is 1. The maximum absolute atomic E-state index is 13.0. The van der Waals surface area contributed by atoms with Crippen molar-refractivity contribution >= 4 is 5.91 Å². The molecule has 4 nitrogen and oxygen atoms in total. The van der Waals surface area contributed by atoms with Gasteiger partial charge in [0.15, 0.2) is 0 Å². The van der Waals surface area contributed by atoms with Gasteiger partial charge >= 0.3 is 0 Å². The minimum Gasteiger partial charge on any atom is -0.494 e. The van der Waals surface area contributed by atoms with Crippen molar-refractivity contribution in [2.45, 2.75) is 32.5 Å². The lowest BCUT2D eigenvalue weighted by Gasteiger charge is -2.17. The molecule has 0 aromatic heterocycles. The summed E-state index contributed by atoms with van der Waals surface area (Å²) < 4.78 is 18.5. The van der Waals surface area contributed by atoms with Gasteiger partial charge in [0.2, 0.25) is 5.91 Å². The molecular weight excluding hydrogens is 319 g/mol. The van der Waals surface area contributed by atoms with E-state index in [1.807, 2.05) is 36.1 Å². The third kappa shape index (κ3) is 4.79. The van der Waals surface area contributed by atoms with Crippen LogP contribution in [0.1, 0.15) is 24.5 Å². The van der Waals surface area contributed by atoms with Gasteiger partial charge in [0.05, 0.1) is 6.61 Å². The summed E-state index contributed by atoms with van der Waals surface area (Å²) >= 11 is 0. The van der Waals surface area contributed by atoms with Crippen LogP contribution in [0.4, 0.5) is 4.39 Å². The minimum atomic E-state index is -0.259. The van der Waals surface area contributed by atoms with E-state index in [-0.39, 0.29) is 17.8 Å². The van der Waals surface area contributed by atoms with Gasteiger partial charge in [0, 0.05) is 32.1 Å². The highest BCUT2D eigenvalue weighted by molar-refractivity contribution is 5.79. The summed E-state index contributed by atoms with van der Waals surface area (Å²) in [5.74, 6) is 0.734. The summed E-state index contributed by atoms with van der Waals surface area (Å²) in [5, 5.41) is 3.44. The van der Waals surface area contributed by atoms with Crippen molar-refractivity contribution in [3.8, 4) is 5.75 Å². The molecule has 1 atom stereocenters. The predicted octanol–water partition coefficient (Wildman–Crippen LogP) is 3.12. The molecule has 1 amide bonds. The van der Waals surface area contributed by atoms with Crippen molar-refractivity contribution in [2.75, 3.05) is 13.2 Å². The number of carbonyl (C=O) groups is 1. The number of rotatable bonds is 7. The topological polar surface area (TPSA) is 41.6 Å². The zero-order valence-corrected chi connectivity index (χ0v) is 14.4. The molecule has 0 bridgehead atoms. The number of carbonyl (C=O) groups excluding carboxylic acids is 1. The van der Waals surface area contributed by atoms with Crippen LogP contribution < -0.4 is 10.1 Å². The normalized spacial score (nSPS) is 17.1. The molecule has 5 heteroatoms. The summed E-state index contributed by atoms with van der Waals surface area (Å²) in [4.78, 5) is 14.0. The Hall–Kier alpha value is -2.40. The molecule has 25 heavy (non-hydrogen) atoms. The average molecular weight is 342 g/mol. The van der Waals surface area contributed by atoms with Crippen molar-refractivity contribution in [3.63, 3.8) is 0 Å². The number of ether oxygens (including phenoxy) is 1. The Kier molecular flexibility index (Phi) is 5.66. The van der Waals surface area contributed by atoms with Crippen LogP contribution in [0.25, 0.3) is 0 Å². The summed E-state index contributed by atoms with van der Waals surface area (Å²) in [6.07, 6.45) is 0.492. The van der Waals surface area contributed by atoms with Crippen LogP contribution in [0.3, 0.4) is 0 Å². The first-order valence-corrected chi connectivity index (χ1v) is 8.61. The average Bonchev–Trinajstić information content (AvgIpc) is 2.96. The Bertz CT molecular complexity index is 718. The van der Waals surface area contributed by atoms with E-state index in [2.05, 4.69) is 5.32 Å². The highest BCUT2D eigenvalue weighted by Gasteiger charge is 2.29. The highest BCUT2D eigenvalue weighted by atomic mass is 19.1. The fraction of sp³-hybridized carbons (Fsp3) is 0.350. The highest BCUT2D eigenvalue weighted by Crippen LogP contribution is 2.17. The van der Waals surface area contributed by atoms with E-state index in [0.717, 1.165) is 16.9 Å². The Labute approximate surface area is 147 Å². The largest absolute Gasteiger partial charge is 0.494 e. The van der Waals surface area contributed by atoms with Gasteiger partial charge in [-0.25, -0.2) is 4.39 Å². The monoisotopic (exact) mass is 342 g/mol. The molecule has 0 saturated carbocycles. The number of hydrogen-bond donors (Lipinski definition) is 1. The van der Waals surface area contributed by atoms with Gasteiger partial charge in [-0.15, -0.1) is 0 Å². The van der Waals surface area contributed by atoms with Crippen LogP contribution in [0, 0.1) is 5.82 Å². The molecular formula is C20H23FN2O2. The quantitative estimate of drug-likeness (QED) is 0.841. The Balaban J connectivity index is 1.52. The zero-order valence-electron chi connectivity index (χ0n) is 14.4. The second kappa shape index (κ2) is 8.12. The number of nitrogens with one attached hydrogen (secondary N) is 1. The molecule has 1 saturated heterocycles. The van der Waals surface area contributed by atoms with Crippen LogP contribution in [-0.2, 0) is 17.9 Å². The van der Waals surface area contributed by atoms with E-state index >= 15 is 0 Å². The van der Waals surface area contributed by atoms with Crippen LogP contribution >= 0.6 is 0 Å². The van der Waals surface area contributed by atoms with Crippen LogP contribution in [0.2, 0.25) is 0 Å². The van der Waals surface area contributed by atoms with Crippen LogP contribution in [0.15, 0.2) is 48.5 Å². The van der Waals surface area contributed by atoms with Gasteiger partial charge in [0.1, 0.15) is 11.6 Å². The Morgan fingerprint density at radius 2 is 2.00 bits per heavy atom. The molecule has 1 aliphatic rings. The molecule has 1 aliphatic heterocycles. The fourth-order valence-electron chi connectivity index (χ4n) is 3.05. The van der Waals surface area contributed by atoms with Crippen molar-refractivity contribution < 1.29 is 13.9 Å². The fourth-order valence-corrected chi connectivity index (χ4v) is 3.05. The van der Waals surface area contributed by atoms with Gasteiger partial charge in [-0.2, -0.15) is 0 Å². The van der Waals surface area contributed by atoms with E-state index in [1.54, 1.807) is 12.1 Å². The minimum absolute atomic E-state index is 0.128. The van der Waals surface area contributed by atoms with E-state index in [0.29, 0.717) is 32.7 Å². The number of amides is 1. The van der Waals surface area contributed by atoms with Gasteiger partial charge in [-0.1, -0.05) is 24.3 Å². The predicted molar refractivity (Wildman–Crippen MR) is 94.7 cm³/mol. The molecule has 2 aromatic rings. The second-order valence-electron chi connectivity index (χ2n) is 6.26. The van der Waals surface area contributed by atoms with E-state index < -0.39 is 0 Å². The number of likely N-dealkylation sites (tertiary alicyclic amines) is 1. The molecule has 0 radical (unpaired) electrons. The summed E-state index contributed by atoms with van der Waals surface area (Å²) in [5.41, 5.74) is 2.08. The first kappa shape index (κ1) is 17.4. The molecule has 0 spiro atoms. The number of nitrogens with zero attached hydrogens (tertiary/aromatic N) is 1. The Morgan fingerprint density at radius 1 is 1.20 bits per heavy atom. The number of hydrogen-bond acceptors (Lipinski definition) is 3. The van der Waals surface area contributed by atoms with Crippen molar-refractivity contribution in [3.05, 3.63) is 65.5 Å². The molecule has 1 fully saturated rings. The second-order valence-corrected chi connectivity index (χ2v) is 6.26. The summed E-state index contributed by atoms with van der Waals surface area (Å²) in [6.45, 7) is 4.50. The summed E-state index contributed by atoms with van der Waals surface area (Å²) in [7, 11) is 0. The standard InChI is InChI=1S/C20H23FN2O2/c1-2-25-19-5-3-4-16(10-19)12-22-18-11-20(24)23(14-18)13-15-6-8-17(21)9-7-15/h3-10,18,22H,2,11-14H2,1H3/t18-/m1/s1. The first-order valence-electron chi connectivity index (χ1n) is 8.61. The lowest BCUT2D eigenvalue weighted by Crippen LogP contribution is -2.32. The number of benzene rings is 2. The van der Waals surface area contributed by atoms with Crippen LogP contribution in [-0.4, -0.2) is 30.0 Å². The maximum Gasteiger partial charge on any atom is 0.224 e. The van der Waals surface area contributed by atoms with Gasteiger partial charge in [-0.05, 0) is 42.3 Å². The van der Waals surface area contributed by atoms with Crippen LogP contribution in [0.5, 0.6) is 5.75 Å². The molecule has 3 rings (SSSR count). The van der Waals surface area contributed by atoms with Gasteiger partial charge < -0.3 is 15.0 Å². The van der Waals surface area contributed by atoms with Crippen molar-refractivity contribution in [1.29, 1.82) is 0 Å². The third-order valence-electron chi connectivity index (χ3n) is 4.31. The maximum atomic E-state index is 13.0. The van der Waals surface area contributed by atoms with Gasteiger partial charge in [-0.3, -0.25) is 4.79 Å². The van der Waals surface area contributed by atoms with Gasteiger partial charge in [0.25, 0.3) is 0 Å². The molecule has 1 heterocycles. The smallest absolute Gasteiger partial charge is 0.224 e. The molecule has 1 N–H and O–H groups in total. The SMILES string of the molecule is CCOc1cccc(CN[C@@H]2CC(=O)N(Cc3ccc(F)cc3)C2)c1. The van der Waals surface area contributed by atoms with E-state index in [1.165, 1.54) is 12.1 Å². The Morgan fingerprint density at radius 3 is 2.76 bits per heavy atom. The molecule has 2 aromatic carbocycles. The lowest BCUT2D eigenvalue weighted by atomic mass is 10.2. The first-order chi connectivity index (χ1) is 12.1. The third-order valence-corrected chi connectivity index (χ3v) is 4.31. The molecule has 0 aliphatic carbocycles. The van der Waals surface area contributed by atoms with Crippen molar-refractivity contribution in [1.82, 2.24) is 10.2 Å². The zero-order chi connectivity index (χ0) is 17.6. The van der Waals surface area contributed by atoms with E-state index in [4.69, 9.17) is 4.74 Å².